The molecule has 0 aromatic heterocycles. The standard InChI is InChI=1S/C12H18FNO4S3/c1-9(6-7-19-2)14-21(17,18)12-8-10(20(3,15)16)4-5-11(12)13/h4-5,8-9,14H,6-7H2,1-3H3. The molecule has 1 rings (SSSR count). The monoisotopic (exact) mass is 355 g/mol. The third-order valence-electron chi connectivity index (χ3n) is 2.73. The van der Waals surface area contributed by atoms with E-state index in [4.69, 9.17) is 0 Å². The zero-order chi connectivity index (χ0) is 16.3. The van der Waals surface area contributed by atoms with Crippen molar-refractivity contribution in [1.29, 1.82) is 0 Å². The number of hydrogen-bond donors (Lipinski definition) is 1. The van der Waals surface area contributed by atoms with E-state index in [1.54, 1.807) is 18.7 Å². The van der Waals surface area contributed by atoms with Gasteiger partial charge in [0.25, 0.3) is 0 Å². The number of sulfonamides is 1. The summed E-state index contributed by atoms with van der Waals surface area (Å²) >= 11 is 1.57. The first kappa shape index (κ1) is 18.4. The van der Waals surface area contributed by atoms with Gasteiger partial charge >= 0.3 is 0 Å². The molecule has 0 saturated heterocycles. The van der Waals surface area contributed by atoms with E-state index in [0.717, 1.165) is 30.2 Å². The summed E-state index contributed by atoms with van der Waals surface area (Å²) in [6.07, 6.45) is 3.43. The Hall–Kier alpha value is -0.640. The number of thioether (sulfide) groups is 1. The Morgan fingerprint density at radius 2 is 1.90 bits per heavy atom. The topological polar surface area (TPSA) is 80.3 Å². The molecule has 1 aromatic rings. The van der Waals surface area contributed by atoms with Crippen LogP contribution in [0, 0.1) is 5.82 Å². The summed E-state index contributed by atoms with van der Waals surface area (Å²) < 4.78 is 63.3. The summed E-state index contributed by atoms with van der Waals surface area (Å²) in [5.74, 6) is -0.220. The Morgan fingerprint density at radius 3 is 2.43 bits per heavy atom. The maximum Gasteiger partial charge on any atom is 0.243 e. The first-order valence-corrected chi connectivity index (χ1v) is 10.9. The van der Waals surface area contributed by atoms with Crippen LogP contribution in [0.3, 0.4) is 0 Å². The van der Waals surface area contributed by atoms with Crippen LogP contribution in [0.15, 0.2) is 28.0 Å². The number of sulfone groups is 1. The number of halogens is 1. The second-order valence-electron chi connectivity index (χ2n) is 4.67. The van der Waals surface area contributed by atoms with Gasteiger partial charge in [-0.15, -0.1) is 0 Å². The van der Waals surface area contributed by atoms with Crippen molar-refractivity contribution in [3.8, 4) is 0 Å². The van der Waals surface area contributed by atoms with E-state index in [0.29, 0.717) is 6.42 Å². The third-order valence-corrected chi connectivity index (χ3v) is 6.09. The van der Waals surface area contributed by atoms with Gasteiger partial charge in [-0.2, -0.15) is 11.8 Å². The fourth-order valence-corrected chi connectivity index (χ4v) is 4.29. The predicted molar refractivity (Wildman–Crippen MR) is 82.3 cm³/mol. The molecule has 9 heteroatoms. The van der Waals surface area contributed by atoms with Crippen LogP contribution in [0.5, 0.6) is 0 Å². The van der Waals surface area contributed by atoms with Crippen molar-refractivity contribution < 1.29 is 21.2 Å². The lowest BCUT2D eigenvalue weighted by atomic mass is 10.3. The molecular formula is C12H18FNO4S3. The molecule has 0 radical (unpaired) electrons. The molecule has 0 spiro atoms. The molecule has 0 aliphatic heterocycles. The number of rotatable bonds is 7. The summed E-state index contributed by atoms with van der Waals surface area (Å²) in [4.78, 5) is -0.887. The molecule has 0 bridgehead atoms. The highest BCUT2D eigenvalue weighted by atomic mass is 32.2. The molecular weight excluding hydrogens is 337 g/mol. The van der Waals surface area contributed by atoms with Gasteiger partial charge in [-0.25, -0.2) is 25.9 Å². The lowest BCUT2D eigenvalue weighted by Gasteiger charge is -2.14. The van der Waals surface area contributed by atoms with Crippen LogP contribution in [-0.4, -0.2) is 41.1 Å². The number of benzene rings is 1. The van der Waals surface area contributed by atoms with Gasteiger partial charge < -0.3 is 0 Å². The quantitative estimate of drug-likeness (QED) is 0.752. The fourth-order valence-electron chi connectivity index (χ4n) is 1.60. The zero-order valence-corrected chi connectivity index (χ0v) is 14.4. The van der Waals surface area contributed by atoms with Crippen molar-refractivity contribution in [3.63, 3.8) is 0 Å². The van der Waals surface area contributed by atoms with Crippen LogP contribution in [-0.2, 0) is 19.9 Å². The summed E-state index contributed by atoms with van der Waals surface area (Å²) in [6.45, 7) is 1.67. The minimum absolute atomic E-state index is 0.235. The molecule has 120 valence electrons. The molecule has 0 amide bonds. The first-order chi connectivity index (χ1) is 9.58. The Kier molecular flexibility index (Phi) is 6.21. The lowest BCUT2D eigenvalue weighted by molar-refractivity contribution is 0.539. The zero-order valence-electron chi connectivity index (χ0n) is 12.0. The molecule has 0 saturated carbocycles. The molecule has 5 nitrogen and oxygen atoms in total. The summed E-state index contributed by atoms with van der Waals surface area (Å²) in [6, 6.07) is 2.36. The maximum absolute atomic E-state index is 13.7. The van der Waals surface area contributed by atoms with Crippen LogP contribution in [0.1, 0.15) is 13.3 Å². The Balaban J connectivity index is 3.14. The van der Waals surface area contributed by atoms with Crippen molar-refractivity contribution >= 4 is 31.6 Å². The van der Waals surface area contributed by atoms with E-state index in [9.17, 15) is 21.2 Å². The van der Waals surface area contributed by atoms with Crippen molar-refractivity contribution in [2.24, 2.45) is 0 Å². The van der Waals surface area contributed by atoms with E-state index in [2.05, 4.69) is 4.72 Å². The average Bonchev–Trinajstić information content (AvgIpc) is 2.34. The molecule has 21 heavy (non-hydrogen) atoms. The Bertz CT molecular complexity index is 701. The first-order valence-electron chi connectivity index (χ1n) is 6.09. The molecule has 0 heterocycles. The normalized spacial score (nSPS) is 14.1. The summed E-state index contributed by atoms with van der Waals surface area (Å²) in [5, 5.41) is 0. The van der Waals surface area contributed by atoms with Gasteiger partial charge in [-0.05, 0) is 43.6 Å². The van der Waals surface area contributed by atoms with Crippen LogP contribution in [0.25, 0.3) is 0 Å². The van der Waals surface area contributed by atoms with Crippen LogP contribution >= 0.6 is 11.8 Å². The smallest absolute Gasteiger partial charge is 0.224 e. The van der Waals surface area contributed by atoms with E-state index in [1.165, 1.54) is 0 Å². The van der Waals surface area contributed by atoms with Gasteiger partial charge in [0.1, 0.15) is 10.7 Å². The average molecular weight is 355 g/mol. The largest absolute Gasteiger partial charge is 0.243 e. The van der Waals surface area contributed by atoms with Crippen molar-refractivity contribution in [2.45, 2.75) is 29.2 Å². The van der Waals surface area contributed by atoms with Crippen LogP contribution in [0.4, 0.5) is 4.39 Å². The molecule has 1 aromatic carbocycles. The van der Waals surface area contributed by atoms with Gasteiger partial charge in [-0.3, -0.25) is 0 Å². The molecule has 1 atom stereocenters. The fraction of sp³-hybridized carbons (Fsp3) is 0.500. The molecule has 0 fully saturated rings. The Morgan fingerprint density at radius 1 is 1.29 bits per heavy atom. The van der Waals surface area contributed by atoms with Crippen LogP contribution < -0.4 is 4.72 Å². The predicted octanol–water partition coefficient (Wildman–Crippen LogP) is 1.65. The number of hydrogen-bond acceptors (Lipinski definition) is 5. The Labute approximate surface area is 129 Å². The van der Waals surface area contributed by atoms with Crippen molar-refractivity contribution in [2.75, 3.05) is 18.3 Å². The van der Waals surface area contributed by atoms with E-state index < -0.39 is 30.6 Å². The van der Waals surface area contributed by atoms with Crippen molar-refractivity contribution in [3.05, 3.63) is 24.0 Å². The SMILES string of the molecule is CSCCC(C)NS(=O)(=O)c1cc(S(C)(=O)=O)ccc1F. The van der Waals surface area contributed by atoms with E-state index in [1.807, 2.05) is 6.26 Å². The molecule has 0 aliphatic carbocycles. The van der Waals surface area contributed by atoms with Gasteiger partial charge in [0.05, 0.1) is 4.90 Å². The highest BCUT2D eigenvalue weighted by Crippen LogP contribution is 2.20. The van der Waals surface area contributed by atoms with Gasteiger partial charge in [0.2, 0.25) is 10.0 Å². The number of nitrogens with one attached hydrogen (secondary N) is 1. The second-order valence-corrected chi connectivity index (χ2v) is 9.35. The van der Waals surface area contributed by atoms with Gasteiger partial charge in [0.15, 0.2) is 9.84 Å². The molecule has 0 aliphatic rings. The van der Waals surface area contributed by atoms with Crippen LogP contribution in [0.2, 0.25) is 0 Å². The minimum Gasteiger partial charge on any atom is -0.224 e. The minimum atomic E-state index is -4.10. The second kappa shape index (κ2) is 7.08. The summed E-state index contributed by atoms with van der Waals surface area (Å²) in [5.41, 5.74) is 0. The molecule has 1 unspecified atom stereocenters. The van der Waals surface area contributed by atoms with E-state index >= 15 is 0 Å². The van der Waals surface area contributed by atoms with Gasteiger partial charge in [0, 0.05) is 12.3 Å². The maximum atomic E-state index is 13.7. The van der Waals surface area contributed by atoms with Gasteiger partial charge in [-0.1, -0.05) is 0 Å². The third kappa shape index (κ3) is 5.24. The molecule has 1 N–H and O–H groups in total. The highest BCUT2D eigenvalue weighted by molar-refractivity contribution is 7.98. The lowest BCUT2D eigenvalue weighted by Crippen LogP contribution is -2.33. The highest BCUT2D eigenvalue weighted by Gasteiger charge is 2.23. The van der Waals surface area contributed by atoms with Crippen molar-refractivity contribution in [1.82, 2.24) is 4.72 Å². The summed E-state index contributed by atoms with van der Waals surface area (Å²) in [7, 11) is -7.71. The van der Waals surface area contributed by atoms with E-state index in [-0.39, 0.29) is 10.9 Å².